The van der Waals surface area contributed by atoms with Gasteiger partial charge in [-0.1, -0.05) is 19.1 Å². The van der Waals surface area contributed by atoms with Crippen LogP contribution in [0.2, 0.25) is 0 Å². The van der Waals surface area contributed by atoms with E-state index in [1.54, 1.807) is 19.5 Å². The molecule has 138 valence electrons. The van der Waals surface area contributed by atoms with E-state index in [2.05, 4.69) is 27.1 Å². The Balaban J connectivity index is 1.53. The molecule has 0 spiro atoms. The number of aromatic nitrogens is 2. The second-order valence-electron chi connectivity index (χ2n) is 6.22. The first-order valence-corrected chi connectivity index (χ1v) is 8.90. The molecule has 3 rings (SSSR count). The predicted molar refractivity (Wildman–Crippen MR) is 100 cm³/mol. The maximum Gasteiger partial charge on any atom is 0.257 e. The second kappa shape index (κ2) is 8.62. The molecule has 1 fully saturated rings. The number of likely N-dealkylation sites (N-methyl/N-ethyl adjacent to an activating group) is 1. The van der Waals surface area contributed by atoms with Gasteiger partial charge < -0.3 is 19.9 Å². The van der Waals surface area contributed by atoms with E-state index in [9.17, 15) is 4.79 Å². The Morgan fingerprint density at radius 2 is 1.77 bits per heavy atom. The largest absolute Gasteiger partial charge is 0.497 e. The molecule has 1 saturated heterocycles. The zero-order chi connectivity index (χ0) is 18.4. The Morgan fingerprint density at radius 3 is 2.35 bits per heavy atom. The molecule has 1 aliphatic rings. The fourth-order valence-corrected chi connectivity index (χ4v) is 2.90. The highest BCUT2D eigenvalue weighted by Gasteiger charge is 2.21. The number of carbonyl (C=O) groups is 1. The summed E-state index contributed by atoms with van der Waals surface area (Å²) >= 11 is 0. The van der Waals surface area contributed by atoms with Crippen molar-refractivity contribution in [2.75, 3.05) is 45.2 Å². The number of piperazine rings is 1. The summed E-state index contributed by atoms with van der Waals surface area (Å²) in [5.74, 6) is 1.34. The summed E-state index contributed by atoms with van der Waals surface area (Å²) in [6.45, 7) is 7.13. The van der Waals surface area contributed by atoms with Gasteiger partial charge in [0.25, 0.3) is 5.91 Å². The van der Waals surface area contributed by atoms with E-state index >= 15 is 0 Å². The van der Waals surface area contributed by atoms with Gasteiger partial charge in [-0.15, -0.1) is 0 Å². The average molecular weight is 355 g/mol. The van der Waals surface area contributed by atoms with E-state index in [-0.39, 0.29) is 5.91 Å². The predicted octanol–water partition coefficient (Wildman–Crippen LogP) is 1.87. The highest BCUT2D eigenvalue weighted by atomic mass is 16.5. The molecule has 7 heteroatoms. The lowest BCUT2D eigenvalue weighted by Crippen LogP contribution is -2.48. The first-order valence-electron chi connectivity index (χ1n) is 8.90. The number of carbonyl (C=O) groups excluding carboxylic acids is 1. The summed E-state index contributed by atoms with van der Waals surface area (Å²) in [6, 6.07) is 7.80. The maximum absolute atomic E-state index is 12.5. The van der Waals surface area contributed by atoms with Crippen LogP contribution in [0.4, 0.5) is 5.95 Å². The molecular formula is C19H25N5O2. The van der Waals surface area contributed by atoms with E-state index in [1.165, 1.54) is 0 Å². The molecule has 0 aliphatic carbocycles. The van der Waals surface area contributed by atoms with E-state index in [0.717, 1.165) is 44.0 Å². The van der Waals surface area contributed by atoms with Gasteiger partial charge in [0, 0.05) is 45.1 Å². The lowest BCUT2D eigenvalue weighted by Gasteiger charge is -2.33. The second-order valence-corrected chi connectivity index (χ2v) is 6.22. The zero-order valence-corrected chi connectivity index (χ0v) is 15.3. The topological polar surface area (TPSA) is 70.6 Å². The number of benzene rings is 1. The fraction of sp³-hybridized carbons (Fsp3) is 0.421. The molecular weight excluding hydrogens is 330 g/mol. The van der Waals surface area contributed by atoms with Crippen LogP contribution in [0.25, 0.3) is 0 Å². The van der Waals surface area contributed by atoms with Gasteiger partial charge in [-0.2, -0.15) is 0 Å². The molecule has 0 bridgehead atoms. The van der Waals surface area contributed by atoms with Crippen molar-refractivity contribution in [3.05, 3.63) is 47.8 Å². The van der Waals surface area contributed by atoms with Crippen LogP contribution in [0.15, 0.2) is 36.7 Å². The standard InChI is InChI=1S/C19H25N5O2/c1-3-23-8-10-24(11-9-23)18(25)16-13-21-19(22-14-16)20-12-15-4-6-17(26-2)7-5-15/h4-7,13-14H,3,8-12H2,1-2H3,(H,20,21,22). The minimum absolute atomic E-state index is 0.00228. The van der Waals surface area contributed by atoms with Crippen molar-refractivity contribution in [3.63, 3.8) is 0 Å². The molecule has 0 atom stereocenters. The summed E-state index contributed by atoms with van der Waals surface area (Å²) in [4.78, 5) is 25.3. The summed E-state index contributed by atoms with van der Waals surface area (Å²) in [5.41, 5.74) is 1.63. The molecule has 0 radical (unpaired) electrons. The number of nitrogens with one attached hydrogen (secondary N) is 1. The van der Waals surface area contributed by atoms with Crippen LogP contribution in [0.1, 0.15) is 22.8 Å². The molecule has 1 aromatic heterocycles. The van der Waals surface area contributed by atoms with Gasteiger partial charge in [-0.25, -0.2) is 9.97 Å². The Kier molecular flexibility index (Phi) is 6.01. The van der Waals surface area contributed by atoms with E-state index in [1.807, 2.05) is 29.2 Å². The summed E-state index contributed by atoms with van der Waals surface area (Å²) in [7, 11) is 1.65. The number of amides is 1. The normalized spacial score (nSPS) is 14.9. The lowest BCUT2D eigenvalue weighted by molar-refractivity contribution is 0.0642. The highest BCUT2D eigenvalue weighted by Crippen LogP contribution is 2.13. The van der Waals surface area contributed by atoms with Gasteiger partial charge >= 0.3 is 0 Å². The van der Waals surface area contributed by atoms with Crippen LogP contribution < -0.4 is 10.1 Å². The monoisotopic (exact) mass is 355 g/mol. The first kappa shape index (κ1) is 18.1. The third-order valence-corrected chi connectivity index (χ3v) is 4.62. The van der Waals surface area contributed by atoms with Crippen LogP contribution in [0.3, 0.4) is 0 Å². The SMILES string of the molecule is CCN1CCN(C(=O)c2cnc(NCc3ccc(OC)cc3)nc2)CC1. The Morgan fingerprint density at radius 1 is 1.12 bits per heavy atom. The first-order chi connectivity index (χ1) is 12.7. The van der Waals surface area contributed by atoms with Gasteiger partial charge in [-0.05, 0) is 24.2 Å². The van der Waals surface area contributed by atoms with Crippen LogP contribution in [0, 0.1) is 0 Å². The third kappa shape index (κ3) is 4.49. The van der Waals surface area contributed by atoms with Gasteiger partial charge in [0.2, 0.25) is 5.95 Å². The summed E-state index contributed by atoms with van der Waals surface area (Å²) in [5, 5.41) is 3.16. The van der Waals surface area contributed by atoms with Crippen LogP contribution in [-0.4, -0.2) is 65.5 Å². The number of ether oxygens (including phenoxy) is 1. The Bertz CT molecular complexity index is 710. The molecule has 1 aliphatic heterocycles. The molecule has 0 saturated carbocycles. The lowest BCUT2D eigenvalue weighted by atomic mass is 10.2. The van der Waals surface area contributed by atoms with E-state index in [0.29, 0.717) is 18.1 Å². The number of nitrogens with zero attached hydrogens (tertiary/aromatic N) is 4. The van der Waals surface area contributed by atoms with E-state index in [4.69, 9.17) is 4.74 Å². The van der Waals surface area contributed by atoms with Crippen molar-refractivity contribution in [2.24, 2.45) is 0 Å². The molecule has 1 amide bonds. The molecule has 7 nitrogen and oxygen atoms in total. The van der Waals surface area contributed by atoms with Crippen molar-refractivity contribution in [3.8, 4) is 5.75 Å². The fourth-order valence-electron chi connectivity index (χ4n) is 2.90. The minimum Gasteiger partial charge on any atom is -0.497 e. The van der Waals surface area contributed by atoms with Crippen molar-refractivity contribution in [1.29, 1.82) is 0 Å². The van der Waals surface area contributed by atoms with Crippen molar-refractivity contribution in [1.82, 2.24) is 19.8 Å². The number of methoxy groups -OCH3 is 1. The van der Waals surface area contributed by atoms with Gasteiger partial charge in [-0.3, -0.25) is 4.79 Å². The van der Waals surface area contributed by atoms with E-state index < -0.39 is 0 Å². The number of hydrogen-bond acceptors (Lipinski definition) is 6. The molecule has 1 N–H and O–H groups in total. The molecule has 26 heavy (non-hydrogen) atoms. The maximum atomic E-state index is 12.5. The Hall–Kier alpha value is -2.67. The Labute approximate surface area is 154 Å². The number of hydrogen-bond donors (Lipinski definition) is 1. The smallest absolute Gasteiger partial charge is 0.257 e. The zero-order valence-electron chi connectivity index (χ0n) is 15.3. The molecule has 2 heterocycles. The van der Waals surface area contributed by atoms with Crippen LogP contribution >= 0.6 is 0 Å². The number of rotatable bonds is 6. The summed E-state index contributed by atoms with van der Waals surface area (Å²) < 4.78 is 5.15. The summed E-state index contributed by atoms with van der Waals surface area (Å²) in [6.07, 6.45) is 3.19. The molecule has 1 aromatic carbocycles. The number of anilines is 1. The van der Waals surface area contributed by atoms with Crippen molar-refractivity contribution >= 4 is 11.9 Å². The van der Waals surface area contributed by atoms with Crippen molar-refractivity contribution in [2.45, 2.75) is 13.5 Å². The highest BCUT2D eigenvalue weighted by molar-refractivity contribution is 5.93. The molecule has 2 aromatic rings. The van der Waals surface area contributed by atoms with Gasteiger partial charge in [0.1, 0.15) is 5.75 Å². The van der Waals surface area contributed by atoms with Gasteiger partial charge in [0.15, 0.2) is 0 Å². The average Bonchev–Trinajstić information content (AvgIpc) is 2.72. The van der Waals surface area contributed by atoms with Crippen LogP contribution in [0.5, 0.6) is 5.75 Å². The van der Waals surface area contributed by atoms with Crippen LogP contribution in [-0.2, 0) is 6.54 Å². The van der Waals surface area contributed by atoms with Crippen molar-refractivity contribution < 1.29 is 9.53 Å². The van der Waals surface area contributed by atoms with Gasteiger partial charge in [0.05, 0.1) is 12.7 Å². The minimum atomic E-state index is 0.00228. The third-order valence-electron chi connectivity index (χ3n) is 4.62. The molecule has 0 unspecified atom stereocenters. The quantitative estimate of drug-likeness (QED) is 0.853.